The molecule has 2 atom stereocenters. The number of piperidine rings is 1. The summed E-state index contributed by atoms with van der Waals surface area (Å²) in [6, 6.07) is 0.780. The van der Waals surface area contributed by atoms with Crippen LogP contribution in [0.25, 0.3) is 0 Å². The van der Waals surface area contributed by atoms with Crippen molar-refractivity contribution in [2.75, 3.05) is 13.1 Å². The Balaban J connectivity index is 1.74. The maximum atomic E-state index is 10.8. The Hall–Kier alpha value is -0.570. The zero-order valence-corrected chi connectivity index (χ0v) is 13.0. The van der Waals surface area contributed by atoms with Gasteiger partial charge in [-0.1, -0.05) is 32.6 Å². The van der Waals surface area contributed by atoms with E-state index in [1.807, 2.05) is 0 Å². The van der Waals surface area contributed by atoms with Crippen molar-refractivity contribution in [3.63, 3.8) is 0 Å². The van der Waals surface area contributed by atoms with Crippen LogP contribution in [0.15, 0.2) is 0 Å². The summed E-state index contributed by atoms with van der Waals surface area (Å²) in [4.78, 5) is 13.4. The van der Waals surface area contributed by atoms with Crippen LogP contribution >= 0.6 is 0 Å². The molecule has 1 aliphatic carbocycles. The summed E-state index contributed by atoms with van der Waals surface area (Å²) in [5.74, 6) is 0.761. The molecular formula is C17H31NO2. The number of rotatable bonds is 5. The van der Waals surface area contributed by atoms with Crippen LogP contribution in [0.5, 0.6) is 0 Å². The molecule has 0 amide bonds. The Bertz CT molecular complexity index is 297. The molecule has 1 saturated heterocycles. The molecule has 0 radical (unpaired) electrons. The second kappa shape index (κ2) is 8.02. The Morgan fingerprint density at radius 1 is 1.05 bits per heavy atom. The third-order valence-corrected chi connectivity index (χ3v) is 5.38. The fraction of sp³-hybridized carbons (Fsp3) is 0.941. The molecule has 3 nitrogen and oxygen atoms in total. The molecular weight excluding hydrogens is 250 g/mol. The molecule has 2 rings (SSSR count). The zero-order chi connectivity index (χ0) is 14.4. The molecule has 2 unspecified atom stereocenters. The molecule has 0 bridgehead atoms. The maximum absolute atomic E-state index is 10.8. The first-order chi connectivity index (χ1) is 9.69. The number of aliphatic carboxylic acids is 1. The molecule has 3 heteroatoms. The highest BCUT2D eigenvalue weighted by Gasteiger charge is 2.27. The first-order valence-corrected chi connectivity index (χ1v) is 8.65. The Labute approximate surface area is 123 Å². The number of hydrogen-bond donors (Lipinski definition) is 1. The largest absolute Gasteiger partial charge is 0.481 e. The molecule has 0 aromatic rings. The van der Waals surface area contributed by atoms with Crippen LogP contribution in [-0.4, -0.2) is 35.1 Å². The molecule has 0 aromatic heterocycles. The van der Waals surface area contributed by atoms with E-state index >= 15 is 0 Å². The van der Waals surface area contributed by atoms with E-state index in [0.717, 1.165) is 37.9 Å². The van der Waals surface area contributed by atoms with Crippen LogP contribution in [-0.2, 0) is 4.79 Å². The van der Waals surface area contributed by atoms with Crippen molar-refractivity contribution in [2.45, 2.75) is 77.2 Å². The highest BCUT2D eigenvalue weighted by atomic mass is 16.4. The van der Waals surface area contributed by atoms with Crippen molar-refractivity contribution in [1.82, 2.24) is 4.90 Å². The van der Waals surface area contributed by atoms with Gasteiger partial charge in [-0.25, -0.2) is 0 Å². The van der Waals surface area contributed by atoms with Gasteiger partial charge >= 0.3 is 5.97 Å². The average molecular weight is 281 g/mol. The Morgan fingerprint density at radius 3 is 2.45 bits per heavy atom. The van der Waals surface area contributed by atoms with Crippen LogP contribution in [0, 0.1) is 11.8 Å². The van der Waals surface area contributed by atoms with Crippen LogP contribution < -0.4 is 0 Å². The Morgan fingerprint density at radius 2 is 1.80 bits per heavy atom. The van der Waals surface area contributed by atoms with Gasteiger partial charge in [0.15, 0.2) is 0 Å². The summed E-state index contributed by atoms with van der Waals surface area (Å²) in [5, 5.41) is 8.88. The predicted molar refractivity (Wildman–Crippen MR) is 81.8 cm³/mol. The average Bonchev–Trinajstić information content (AvgIpc) is 2.65. The quantitative estimate of drug-likeness (QED) is 0.776. The van der Waals surface area contributed by atoms with Gasteiger partial charge in [-0.15, -0.1) is 0 Å². The molecule has 116 valence electrons. The van der Waals surface area contributed by atoms with Gasteiger partial charge < -0.3 is 10.0 Å². The van der Waals surface area contributed by atoms with E-state index in [9.17, 15) is 4.79 Å². The number of likely N-dealkylation sites (tertiary alicyclic amines) is 1. The summed E-state index contributed by atoms with van der Waals surface area (Å²) in [7, 11) is 0. The predicted octanol–water partition coefficient (Wildman–Crippen LogP) is 3.92. The molecule has 0 spiro atoms. The fourth-order valence-corrected chi connectivity index (χ4v) is 4.19. The van der Waals surface area contributed by atoms with Gasteiger partial charge in [0.1, 0.15) is 0 Å². The van der Waals surface area contributed by atoms with Gasteiger partial charge in [0, 0.05) is 12.5 Å². The standard InChI is InChI=1S/C17H31NO2/c1-2-4-14-5-3-6-16(8-7-14)18-11-9-15(10-12-18)13-17(19)20/h14-16H,2-13H2,1H3,(H,19,20). The third kappa shape index (κ3) is 4.76. The smallest absolute Gasteiger partial charge is 0.303 e. The zero-order valence-electron chi connectivity index (χ0n) is 13.0. The number of carboxylic acid groups (broad SMARTS) is 1. The lowest BCUT2D eigenvalue weighted by Crippen LogP contribution is -2.41. The second-order valence-electron chi connectivity index (χ2n) is 6.89. The molecule has 20 heavy (non-hydrogen) atoms. The van der Waals surface area contributed by atoms with Crippen molar-refractivity contribution in [2.24, 2.45) is 11.8 Å². The summed E-state index contributed by atoms with van der Waals surface area (Å²) >= 11 is 0. The lowest BCUT2D eigenvalue weighted by Gasteiger charge is -2.37. The molecule has 2 aliphatic rings. The summed E-state index contributed by atoms with van der Waals surface area (Å²) in [6.45, 7) is 4.55. The molecule has 1 N–H and O–H groups in total. The van der Waals surface area contributed by atoms with Gasteiger partial charge in [-0.05, 0) is 57.0 Å². The van der Waals surface area contributed by atoms with Crippen molar-refractivity contribution < 1.29 is 9.90 Å². The van der Waals surface area contributed by atoms with Gasteiger partial charge in [-0.3, -0.25) is 4.79 Å². The minimum absolute atomic E-state index is 0.372. The topological polar surface area (TPSA) is 40.5 Å². The van der Waals surface area contributed by atoms with E-state index in [2.05, 4.69) is 11.8 Å². The third-order valence-electron chi connectivity index (χ3n) is 5.38. The number of hydrogen-bond acceptors (Lipinski definition) is 2. The second-order valence-corrected chi connectivity index (χ2v) is 6.89. The minimum atomic E-state index is -0.625. The maximum Gasteiger partial charge on any atom is 0.303 e. The number of nitrogens with zero attached hydrogens (tertiary/aromatic N) is 1. The molecule has 1 saturated carbocycles. The molecule has 2 fully saturated rings. The van der Waals surface area contributed by atoms with E-state index in [0.29, 0.717) is 12.3 Å². The summed E-state index contributed by atoms with van der Waals surface area (Å²) in [5.41, 5.74) is 0. The lowest BCUT2D eigenvalue weighted by atomic mass is 9.91. The van der Waals surface area contributed by atoms with E-state index < -0.39 is 5.97 Å². The van der Waals surface area contributed by atoms with E-state index in [1.54, 1.807) is 0 Å². The SMILES string of the molecule is CCCC1CCCC(N2CCC(CC(=O)O)CC2)CC1. The van der Waals surface area contributed by atoms with E-state index in [1.165, 1.54) is 44.9 Å². The first kappa shape index (κ1) is 15.8. The van der Waals surface area contributed by atoms with E-state index in [-0.39, 0.29) is 0 Å². The molecule has 0 aromatic carbocycles. The summed E-state index contributed by atoms with van der Waals surface area (Å²) in [6.07, 6.45) is 12.2. The monoisotopic (exact) mass is 281 g/mol. The molecule has 1 heterocycles. The first-order valence-electron chi connectivity index (χ1n) is 8.65. The van der Waals surface area contributed by atoms with Gasteiger partial charge in [0.2, 0.25) is 0 Å². The normalized spacial score (nSPS) is 30.1. The number of carboxylic acids is 1. The van der Waals surface area contributed by atoms with Gasteiger partial charge in [-0.2, -0.15) is 0 Å². The van der Waals surface area contributed by atoms with Gasteiger partial charge in [0.05, 0.1) is 0 Å². The van der Waals surface area contributed by atoms with Crippen LogP contribution in [0.3, 0.4) is 0 Å². The van der Waals surface area contributed by atoms with Crippen LogP contribution in [0.1, 0.15) is 71.1 Å². The molecule has 1 aliphatic heterocycles. The van der Waals surface area contributed by atoms with Crippen LogP contribution in [0.4, 0.5) is 0 Å². The van der Waals surface area contributed by atoms with Crippen LogP contribution in [0.2, 0.25) is 0 Å². The van der Waals surface area contributed by atoms with Crippen molar-refractivity contribution in [1.29, 1.82) is 0 Å². The summed E-state index contributed by atoms with van der Waals surface area (Å²) < 4.78 is 0. The highest BCUT2D eigenvalue weighted by molar-refractivity contribution is 5.67. The fourth-order valence-electron chi connectivity index (χ4n) is 4.19. The van der Waals surface area contributed by atoms with Crippen molar-refractivity contribution >= 4 is 5.97 Å². The Kier molecular flexibility index (Phi) is 6.34. The van der Waals surface area contributed by atoms with E-state index in [4.69, 9.17) is 5.11 Å². The number of carbonyl (C=O) groups is 1. The lowest BCUT2D eigenvalue weighted by molar-refractivity contribution is -0.138. The van der Waals surface area contributed by atoms with Gasteiger partial charge in [0.25, 0.3) is 0 Å². The van der Waals surface area contributed by atoms with Crippen molar-refractivity contribution in [3.8, 4) is 0 Å². The minimum Gasteiger partial charge on any atom is -0.481 e. The highest BCUT2D eigenvalue weighted by Crippen LogP contribution is 2.31. The van der Waals surface area contributed by atoms with Crippen molar-refractivity contribution in [3.05, 3.63) is 0 Å².